The summed E-state index contributed by atoms with van der Waals surface area (Å²) in [5.41, 5.74) is 2.12. The Balaban J connectivity index is 1.84. The van der Waals surface area contributed by atoms with Crippen LogP contribution in [0.5, 0.6) is 0 Å². The van der Waals surface area contributed by atoms with E-state index in [-0.39, 0.29) is 18.2 Å². The average molecular weight is 371 g/mol. The van der Waals surface area contributed by atoms with Crippen LogP contribution >= 0.6 is 11.8 Å². The van der Waals surface area contributed by atoms with E-state index in [1.807, 2.05) is 66.9 Å². The van der Waals surface area contributed by atoms with Gasteiger partial charge >= 0.3 is 0 Å². The molecule has 0 saturated heterocycles. The number of nitrogens with one attached hydrogen (secondary N) is 2. The molecule has 0 aliphatic carbocycles. The predicted octanol–water partition coefficient (Wildman–Crippen LogP) is 2.83. The zero-order valence-electron chi connectivity index (χ0n) is 15.1. The van der Waals surface area contributed by atoms with Crippen LogP contribution in [0.25, 0.3) is 0 Å². The highest BCUT2D eigenvalue weighted by Crippen LogP contribution is 2.04. The SMILES string of the molecule is CSCC[C@@H](NC(=O)Cc1ccccc1)C(=O)NCCc1ccccc1. The summed E-state index contributed by atoms with van der Waals surface area (Å²) >= 11 is 1.67. The molecular weight excluding hydrogens is 344 g/mol. The van der Waals surface area contributed by atoms with E-state index >= 15 is 0 Å². The molecule has 4 nitrogen and oxygen atoms in total. The van der Waals surface area contributed by atoms with Gasteiger partial charge in [0.05, 0.1) is 6.42 Å². The first kappa shape index (κ1) is 20.0. The van der Waals surface area contributed by atoms with Gasteiger partial charge < -0.3 is 10.6 Å². The second kappa shape index (κ2) is 11.4. The van der Waals surface area contributed by atoms with Gasteiger partial charge in [-0.25, -0.2) is 0 Å². The minimum Gasteiger partial charge on any atom is -0.354 e. The zero-order chi connectivity index (χ0) is 18.6. The van der Waals surface area contributed by atoms with Gasteiger partial charge in [-0.1, -0.05) is 60.7 Å². The Morgan fingerprint density at radius 2 is 1.58 bits per heavy atom. The maximum Gasteiger partial charge on any atom is 0.242 e. The molecule has 2 N–H and O–H groups in total. The zero-order valence-corrected chi connectivity index (χ0v) is 15.9. The molecule has 2 aromatic rings. The molecule has 2 amide bonds. The van der Waals surface area contributed by atoms with E-state index < -0.39 is 6.04 Å². The van der Waals surface area contributed by atoms with Gasteiger partial charge in [0.15, 0.2) is 0 Å². The number of thioether (sulfide) groups is 1. The number of benzene rings is 2. The normalized spacial score (nSPS) is 11.6. The highest BCUT2D eigenvalue weighted by atomic mass is 32.2. The molecule has 0 bridgehead atoms. The highest BCUT2D eigenvalue weighted by Gasteiger charge is 2.20. The third kappa shape index (κ3) is 7.31. The molecule has 0 radical (unpaired) electrons. The highest BCUT2D eigenvalue weighted by molar-refractivity contribution is 7.98. The molecule has 2 rings (SSSR count). The van der Waals surface area contributed by atoms with Crippen LogP contribution in [0.4, 0.5) is 0 Å². The standard InChI is InChI=1S/C21H26N2O2S/c1-26-15-13-19(23-20(24)16-18-10-6-3-7-11-18)21(25)22-14-12-17-8-4-2-5-9-17/h2-11,19H,12-16H2,1H3,(H,22,25)(H,23,24)/t19-/m1/s1. The van der Waals surface area contributed by atoms with Crippen molar-refractivity contribution in [1.82, 2.24) is 10.6 Å². The third-order valence-electron chi connectivity index (χ3n) is 4.03. The lowest BCUT2D eigenvalue weighted by atomic mass is 10.1. The van der Waals surface area contributed by atoms with Crippen LogP contribution in [0.1, 0.15) is 17.5 Å². The fraction of sp³-hybridized carbons (Fsp3) is 0.333. The van der Waals surface area contributed by atoms with Crippen LogP contribution in [0.15, 0.2) is 60.7 Å². The molecular formula is C21H26N2O2S. The lowest BCUT2D eigenvalue weighted by molar-refractivity contribution is -0.128. The Morgan fingerprint density at radius 1 is 0.962 bits per heavy atom. The molecule has 26 heavy (non-hydrogen) atoms. The summed E-state index contributed by atoms with van der Waals surface area (Å²) in [5.74, 6) is 0.583. The lowest BCUT2D eigenvalue weighted by Gasteiger charge is -2.18. The van der Waals surface area contributed by atoms with E-state index in [0.29, 0.717) is 13.0 Å². The number of rotatable bonds is 10. The summed E-state index contributed by atoms with van der Waals surface area (Å²) in [7, 11) is 0. The molecule has 0 saturated carbocycles. The van der Waals surface area contributed by atoms with E-state index in [1.165, 1.54) is 5.56 Å². The van der Waals surface area contributed by atoms with Crippen molar-refractivity contribution >= 4 is 23.6 Å². The molecule has 2 aromatic carbocycles. The van der Waals surface area contributed by atoms with Gasteiger partial charge in [0.2, 0.25) is 11.8 Å². The molecule has 0 aliphatic rings. The Hall–Kier alpha value is -2.27. The molecule has 1 atom stereocenters. The summed E-state index contributed by atoms with van der Waals surface area (Å²) in [5, 5.41) is 5.83. The molecule has 5 heteroatoms. The van der Waals surface area contributed by atoms with Crippen LogP contribution in [-0.4, -0.2) is 36.4 Å². The van der Waals surface area contributed by atoms with Crippen LogP contribution in [-0.2, 0) is 22.4 Å². The number of carbonyl (C=O) groups excluding carboxylic acids is 2. The smallest absolute Gasteiger partial charge is 0.242 e. The van der Waals surface area contributed by atoms with Crippen molar-refractivity contribution in [3.8, 4) is 0 Å². The van der Waals surface area contributed by atoms with Gasteiger partial charge in [-0.15, -0.1) is 0 Å². The summed E-state index contributed by atoms with van der Waals surface area (Å²) in [6.07, 6.45) is 3.68. The van der Waals surface area contributed by atoms with Crippen molar-refractivity contribution in [1.29, 1.82) is 0 Å². The van der Waals surface area contributed by atoms with Gasteiger partial charge in [0.1, 0.15) is 6.04 Å². The molecule has 138 valence electrons. The van der Waals surface area contributed by atoms with Crippen molar-refractivity contribution in [2.45, 2.75) is 25.3 Å². The number of hydrogen-bond acceptors (Lipinski definition) is 3. The molecule has 0 aliphatic heterocycles. The minimum atomic E-state index is -0.491. The summed E-state index contributed by atoms with van der Waals surface area (Å²) in [6, 6.07) is 19.1. The second-order valence-electron chi connectivity index (χ2n) is 6.09. The quantitative estimate of drug-likeness (QED) is 0.676. The molecule has 0 aromatic heterocycles. The Bertz CT molecular complexity index is 677. The topological polar surface area (TPSA) is 58.2 Å². The molecule has 0 heterocycles. The summed E-state index contributed by atoms with van der Waals surface area (Å²) < 4.78 is 0. The van der Waals surface area contributed by atoms with Gasteiger partial charge in [0, 0.05) is 6.54 Å². The molecule has 0 spiro atoms. The number of carbonyl (C=O) groups is 2. The van der Waals surface area contributed by atoms with Gasteiger partial charge in [-0.2, -0.15) is 11.8 Å². The number of amides is 2. The molecule has 0 unspecified atom stereocenters. The van der Waals surface area contributed by atoms with Crippen LogP contribution in [0.2, 0.25) is 0 Å². The largest absolute Gasteiger partial charge is 0.354 e. The lowest BCUT2D eigenvalue weighted by Crippen LogP contribution is -2.48. The van der Waals surface area contributed by atoms with Crippen molar-refractivity contribution < 1.29 is 9.59 Å². The summed E-state index contributed by atoms with van der Waals surface area (Å²) in [4.78, 5) is 24.8. The Kier molecular flexibility index (Phi) is 8.76. The fourth-order valence-corrected chi connectivity index (χ4v) is 3.10. The first-order chi connectivity index (χ1) is 12.7. The van der Waals surface area contributed by atoms with Gasteiger partial charge in [-0.3, -0.25) is 9.59 Å². The van der Waals surface area contributed by atoms with Gasteiger partial charge in [-0.05, 0) is 36.0 Å². The van der Waals surface area contributed by atoms with E-state index in [2.05, 4.69) is 10.6 Å². The predicted molar refractivity (Wildman–Crippen MR) is 108 cm³/mol. The minimum absolute atomic E-state index is 0.114. The monoisotopic (exact) mass is 370 g/mol. The second-order valence-corrected chi connectivity index (χ2v) is 7.08. The van der Waals surface area contributed by atoms with Crippen molar-refractivity contribution in [2.75, 3.05) is 18.6 Å². The third-order valence-corrected chi connectivity index (χ3v) is 4.67. The number of hydrogen-bond donors (Lipinski definition) is 2. The maximum absolute atomic E-state index is 12.5. The van der Waals surface area contributed by atoms with Crippen molar-refractivity contribution in [2.24, 2.45) is 0 Å². The van der Waals surface area contributed by atoms with E-state index in [0.717, 1.165) is 17.7 Å². The Labute approximate surface area is 159 Å². The van der Waals surface area contributed by atoms with Crippen molar-refractivity contribution in [3.05, 3.63) is 71.8 Å². The first-order valence-corrected chi connectivity index (χ1v) is 10.2. The molecule has 0 fully saturated rings. The van der Waals surface area contributed by atoms with E-state index in [4.69, 9.17) is 0 Å². The van der Waals surface area contributed by atoms with Gasteiger partial charge in [0.25, 0.3) is 0 Å². The maximum atomic E-state index is 12.5. The van der Waals surface area contributed by atoms with Crippen LogP contribution < -0.4 is 10.6 Å². The van der Waals surface area contributed by atoms with E-state index in [1.54, 1.807) is 11.8 Å². The van der Waals surface area contributed by atoms with Crippen molar-refractivity contribution in [3.63, 3.8) is 0 Å². The average Bonchev–Trinajstić information content (AvgIpc) is 2.66. The van der Waals surface area contributed by atoms with Crippen LogP contribution in [0.3, 0.4) is 0 Å². The first-order valence-electron chi connectivity index (χ1n) is 8.83. The van der Waals surface area contributed by atoms with Crippen LogP contribution in [0, 0.1) is 0 Å². The van der Waals surface area contributed by atoms with E-state index in [9.17, 15) is 9.59 Å². The Morgan fingerprint density at radius 3 is 2.19 bits per heavy atom. The summed E-state index contributed by atoms with van der Waals surface area (Å²) in [6.45, 7) is 0.563. The fourth-order valence-electron chi connectivity index (χ4n) is 2.63.